The maximum absolute atomic E-state index is 11.6. The lowest BCUT2D eigenvalue weighted by atomic mass is 10.3. The molecule has 0 unspecified atom stereocenters. The van der Waals surface area contributed by atoms with Crippen molar-refractivity contribution in [2.45, 2.75) is 39.7 Å². The van der Waals surface area contributed by atoms with E-state index < -0.39 is 0 Å². The monoisotopic (exact) mass is 300 g/mol. The molecule has 0 aromatic carbocycles. The van der Waals surface area contributed by atoms with Crippen LogP contribution in [-0.2, 0) is 9.47 Å². The summed E-state index contributed by atoms with van der Waals surface area (Å²) in [7, 11) is 0. The number of nitrogens with two attached hydrogens (primary N) is 1. The largest absolute Gasteiger partial charge is 0.462 e. The Labute approximate surface area is 124 Å². The van der Waals surface area contributed by atoms with Gasteiger partial charge in [0, 0.05) is 13.2 Å². The highest BCUT2D eigenvalue weighted by Crippen LogP contribution is 2.29. The molecule has 5 nitrogen and oxygen atoms in total. The van der Waals surface area contributed by atoms with Crippen molar-refractivity contribution in [2.75, 3.05) is 30.8 Å². The molecule has 0 aliphatic rings. The second-order valence-electron chi connectivity index (χ2n) is 4.67. The Kier molecular flexibility index (Phi) is 7.40. The third kappa shape index (κ3) is 5.79. The van der Waals surface area contributed by atoms with Crippen molar-refractivity contribution in [1.82, 2.24) is 0 Å². The molecule has 1 rings (SSSR count). The van der Waals surface area contributed by atoms with Gasteiger partial charge < -0.3 is 20.5 Å². The summed E-state index contributed by atoms with van der Waals surface area (Å²) in [6, 6.07) is 1.78. The Balaban J connectivity index is 2.31. The minimum absolute atomic E-state index is 0.284. The summed E-state index contributed by atoms with van der Waals surface area (Å²) in [5.74, 6) is -0.353. The number of nitrogen functional groups attached to an aromatic ring is 1. The first-order valence-corrected chi connectivity index (χ1v) is 7.78. The summed E-state index contributed by atoms with van der Waals surface area (Å²) in [4.78, 5) is 12.1. The SMILES string of the molecule is CCOC(=O)c1sc(NCCCCOC(C)C)cc1N. The third-order valence-electron chi connectivity index (χ3n) is 2.54. The van der Waals surface area contributed by atoms with E-state index in [9.17, 15) is 4.79 Å². The van der Waals surface area contributed by atoms with Gasteiger partial charge in [0.05, 0.1) is 23.4 Å². The highest BCUT2D eigenvalue weighted by atomic mass is 32.1. The quantitative estimate of drug-likeness (QED) is 0.541. The summed E-state index contributed by atoms with van der Waals surface area (Å²) in [6.07, 6.45) is 2.31. The Hall–Kier alpha value is -1.27. The number of carbonyl (C=O) groups is 1. The van der Waals surface area contributed by atoms with E-state index in [1.54, 1.807) is 13.0 Å². The first-order valence-electron chi connectivity index (χ1n) is 6.96. The predicted molar refractivity (Wildman–Crippen MR) is 83.5 cm³/mol. The molecule has 1 aromatic rings. The van der Waals surface area contributed by atoms with Crippen molar-refractivity contribution in [2.24, 2.45) is 0 Å². The molecule has 0 spiro atoms. The van der Waals surface area contributed by atoms with Gasteiger partial charge in [-0.25, -0.2) is 4.79 Å². The van der Waals surface area contributed by atoms with E-state index >= 15 is 0 Å². The van der Waals surface area contributed by atoms with Crippen molar-refractivity contribution in [3.63, 3.8) is 0 Å². The van der Waals surface area contributed by atoms with Gasteiger partial charge in [0.25, 0.3) is 0 Å². The molecule has 20 heavy (non-hydrogen) atoms. The zero-order valence-corrected chi connectivity index (χ0v) is 13.2. The van der Waals surface area contributed by atoms with E-state index in [1.165, 1.54) is 11.3 Å². The molecule has 0 saturated heterocycles. The van der Waals surface area contributed by atoms with E-state index in [0.29, 0.717) is 17.2 Å². The van der Waals surface area contributed by atoms with Crippen molar-refractivity contribution in [3.05, 3.63) is 10.9 Å². The summed E-state index contributed by atoms with van der Waals surface area (Å²) < 4.78 is 10.4. The fourth-order valence-electron chi connectivity index (χ4n) is 1.61. The normalized spacial score (nSPS) is 10.8. The van der Waals surface area contributed by atoms with Gasteiger partial charge in [0.2, 0.25) is 0 Å². The maximum Gasteiger partial charge on any atom is 0.350 e. The summed E-state index contributed by atoms with van der Waals surface area (Å²) >= 11 is 1.33. The zero-order valence-electron chi connectivity index (χ0n) is 12.4. The Morgan fingerprint density at radius 2 is 2.20 bits per heavy atom. The van der Waals surface area contributed by atoms with Gasteiger partial charge in [-0.2, -0.15) is 0 Å². The molecule has 0 atom stereocenters. The molecule has 0 saturated carbocycles. The topological polar surface area (TPSA) is 73.6 Å². The molecule has 0 fully saturated rings. The molecule has 114 valence electrons. The van der Waals surface area contributed by atoms with Gasteiger partial charge in [-0.3, -0.25) is 0 Å². The van der Waals surface area contributed by atoms with E-state index in [1.807, 2.05) is 13.8 Å². The van der Waals surface area contributed by atoms with Gasteiger partial charge in [-0.1, -0.05) is 0 Å². The maximum atomic E-state index is 11.6. The Bertz CT molecular complexity index is 419. The first-order chi connectivity index (χ1) is 9.54. The van der Waals surface area contributed by atoms with Crippen LogP contribution in [-0.4, -0.2) is 31.8 Å². The van der Waals surface area contributed by atoms with Gasteiger partial charge >= 0.3 is 5.97 Å². The lowest BCUT2D eigenvalue weighted by Gasteiger charge is -2.07. The lowest BCUT2D eigenvalue weighted by molar-refractivity contribution is 0.0533. The molecular weight excluding hydrogens is 276 g/mol. The van der Waals surface area contributed by atoms with Crippen molar-refractivity contribution in [3.8, 4) is 0 Å². The lowest BCUT2D eigenvalue weighted by Crippen LogP contribution is -2.06. The van der Waals surface area contributed by atoms with Crippen LogP contribution in [0.2, 0.25) is 0 Å². The van der Waals surface area contributed by atoms with Crippen LogP contribution in [0.3, 0.4) is 0 Å². The minimum atomic E-state index is -0.353. The van der Waals surface area contributed by atoms with Crippen LogP contribution in [0.1, 0.15) is 43.3 Å². The molecule has 0 amide bonds. The molecule has 6 heteroatoms. The molecule has 0 aliphatic heterocycles. The molecule has 0 radical (unpaired) electrons. The third-order valence-corrected chi connectivity index (χ3v) is 3.63. The average molecular weight is 300 g/mol. The number of nitrogens with one attached hydrogen (secondary N) is 1. The second-order valence-corrected chi connectivity index (χ2v) is 5.72. The molecule has 0 aliphatic carbocycles. The minimum Gasteiger partial charge on any atom is -0.462 e. The number of thiophene rings is 1. The smallest absolute Gasteiger partial charge is 0.350 e. The number of hydrogen-bond acceptors (Lipinski definition) is 6. The van der Waals surface area contributed by atoms with Crippen molar-refractivity contribution < 1.29 is 14.3 Å². The van der Waals surface area contributed by atoms with E-state index in [4.69, 9.17) is 15.2 Å². The zero-order chi connectivity index (χ0) is 15.0. The fourth-order valence-corrected chi connectivity index (χ4v) is 2.51. The predicted octanol–water partition coefficient (Wildman–Crippen LogP) is 3.12. The summed E-state index contributed by atoms with van der Waals surface area (Å²) in [5, 5.41) is 4.16. The van der Waals surface area contributed by atoms with Crippen LogP contribution >= 0.6 is 11.3 Å². The average Bonchev–Trinajstić information content (AvgIpc) is 2.75. The standard InChI is InChI=1S/C14H24N2O3S/c1-4-18-14(17)13-11(15)9-12(20-13)16-7-5-6-8-19-10(2)3/h9-10,16H,4-8,15H2,1-3H3. The number of hydrogen-bond donors (Lipinski definition) is 2. The van der Waals surface area contributed by atoms with E-state index in [2.05, 4.69) is 5.32 Å². The van der Waals surface area contributed by atoms with Gasteiger partial charge in [-0.15, -0.1) is 11.3 Å². The molecule has 0 bridgehead atoms. The number of unbranched alkanes of at least 4 members (excludes halogenated alkanes) is 1. The first kappa shape index (κ1) is 16.8. The van der Waals surface area contributed by atoms with Crippen LogP contribution < -0.4 is 11.1 Å². The molecule has 1 heterocycles. The van der Waals surface area contributed by atoms with Crippen LogP contribution in [0.25, 0.3) is 0 Å². The van der Waals surface area contributed by atoms with Crippen LogP contribution in [0.5, 0.6) is 0 Å². The number of anilines is 2. The highest BCUT2D eigenvalue weighted by Gasteiger charge is 2.15. The van der Waals surface area contributed by atoms with E-state index in [-0.39, 0.29) is 12.1 Å². The Morgan fingerprint density at radius 1 is 1.45 bits per heavy atom. The summed E-state index contributed by atoms with van der Waals surface area (Å²) in [5.41, 5.74) is 6.28. The van der Waals surface area contributed by atoms with Gasteiger partial charge in [0.15, 0.2) is 0 Å². The Morgan fingerprint density at radius 3 is 2.85 bits per heavy atom. The number of esters is 1. The second kappa shape index (κ2) is 8.81. The van der Waals surface area contributed by atoms with Crippen molar-refractivity contribution >= 4 is 28.0 Å². The van der Waals surface area contributed by atoms with Crippen LogP contribution in [0.15, 0.2) is 6.07 Å². The summed E-state index contributed by atoms with van der Waals surface area (Å²) in [6.45, 7) is 7.81. The van der Waals surface area contributed by atoms with Crippen LogP contribution in [0.4, 0.5) is 10.7 Å². The fraction of sp³-hybridized carbons (Fsp3) is 0.643. The van der Waals surface area contributed by atoms with Gasteiger partial charge in [-0.05, 0) is 39.7 Å². The van der Waals surface area contributed by atoms with Gasteiger partial charge in [0.1, 0.15) is 4.88 Å². The number of rotatable bonds is 9. The molecule has 3 N–H and O–H groups in total. The molecule has 1 aromatic heterocycles. The van der Waals surface area contributed by atoms with Crippen LogP contribution in [0, 0.1) is 0 Å². The van der Waals surface area contributed by atoms with E-state index in [0.717, 1.165) is 31.0 Å². The number of carbonyl (C=O) groups excluding carboxylic acids is 1. The molecular formula is C14H24N2O3S. The number of ether oxygens (including phenoxy) is 2. The highest BCUT2D eigenvalue weighted by molar-refractivity contribution is 7.18. The van der Waals surface area contributed by atoms with Crippen molar-refractivity contribution in [1.29, 1.82) is 0 Å².